The van der Waals surface area contributed by atoms with Crippen molar-refractivity contribution in [2.75, 3.05) is 23.7 Å². The van der Waals surface area contributed by atoms with Crippen LogP contribution in [0.1, 0.15) is 19.3 Å². The third-order valence-electron chi connectivity index (χ3n) is 5.09. The molecule has 0 aromatic heterocycles. The predicted molar refractivity (Wildman–Crippen MR) is 112 cm³/mol. The normalized spacial score (nSPS) is 20.5. The number of urea groups is 1. The van der Waals surface area contributed by atoms with E-state index in [2.05, 4.69) is 15.8 Å². The summed E-state index contributed by atoms with van der Waals surface area (Å²) in [5.41, 5.74) is 0.474. The van der Waals surface area contributed by atoms with Crippen molar-refractivity contribution in [1.29, 1.82) is 0 Å². The summed E-state index contributed by atoms with van der Waals surface area (Å²) in [6, 6.07) is 12.2. The van der Waals surface area contributed by atoms with Crippen LogP contribution >= 0.6 is 11.6 Å². The number of benzene rings is 2. The van der Waals surface area contributed by atoms with Crippen molar-refractivity contribution in [3.8, 4) is 0 Å². The molecule has 156 valence electrons. The van der Waals surface area contributed by atoms with Gasteiger partial charge >= 0.3 is 6.03 Å². The Balaban J connectivity index is 1.37. The van der Waals surface area contributed by atoms with Gasteiger partial charge in [0, 0.05) is 29.4 Å². The van der Waals surface area contributed by atoms with Crippen LogP contribution in [0.25, 0.3) is 0 Å². The number of rotatable bonds is 3. The van der Waals surface area contributed by atoms with Gasteiger partial charge in [0.1, 0.15) is 11.5 Å². The Morgan fingerprint density at radius 1 is 1.13 bits per heavy atom. The number of halogens is 2. The van der Waals surface area contributed by atoms with Crippen LogP contribution in [0.5, 0.6) is 0 Å². The highest BCUT2D eigenvalue weighted by Crippen LogP contribution is 2.34. The number of oxime groups is 1. The molecule has 3 amide bonds. The molecule has 0 unspecified atom stereocenters. The summed E-state index contributed by atoms with van der Waals surface area (Å²) in [4.78, 5) is 32.4. The van der Waals surface area contributed by atoms with Gasteiger partial charge in [-0.05, 0) is 49.2 Å². The molecule has 4 rings (SSSR count). The summed E-state index contributed by atoms with van der Waals surface area (Å²) in [5.74, 6) is -0.790. The number of hydrogen-bond acceptors (Lipinski definition) is 4. The summed E-state index contributed by atoms with van der Waals surface area (Å²) in [6.07, 6.45) is 1.67. The lowest BCUT2D eigenvalue weighted by Crippen LogP contribution is -2.52. The van der Waals surface area contributed by atoms with Gasteiger partial charge in [0.25, 0.3) is 5.91 Å². The second-order valence-electron chi connectivity index (χ2n) is 7.42. The number of anilines is 2. The fourth-order valence-electron chi connectivity index (χ4n) is 3.67. The molecule has 0 bridgehead atoms. The summed E-state index contributed by atoms with van der Waals surface area (Å²) in [5, 5.41) is 9.95. The highest BCUT2D eigenvalue weighted by atomic mass is 35.5. The second-order valence-corrected chi connectivity index (χ2v) is 7.86. The predicted octanol–water partition coefficient (Wildman–Crippen LogP) is 4.26. The third-order valence-corrected chi connectivity index (χ3v) is 5.32. The van der Waals surface area contributed by atoms with Gasteiger partial charge in [-0.15, -0.1) is 0 Å². The van der Waals surface area contributed by atoms with Crippen molar-refractivity contribution >= 4 is 40.6 Å². The number of carbonyl (C=O) groups is 2. The van der Waals surface area contributed by atoms with E-state index >= 15 is 0 Å². The van der Waals surface area contributed by atoms with E-state index in [4.69, 9.17) is 16.4 Å². The van der Waals surface area contributed by atoms with Crippen LogP contribution in [-0.4, -0.2) is 41.2 Å². The van der Waals surface area contributed by atoms with Crippen LogP contribution in [0.15, 0.2) is 53.7 Å². The molecule has 9 heteroatoms. The maximum atomic E-state index is 13.4. The Bertz CT molecular complexity index is 1020. The molecule has 30 heavy (non-hydrogen) atoms. The maximum absolute atomic E-state index is 13.4. The lowest BCUT2D eigenvalue weighted by molar-refractivity contribution is -0.110. The number of hydrogen-bond donors (Lipinski definition) is 2. The zero-order chi connectivity index (χ0) is 21.1. The van der Waals surface area contributed by atoms with Gasteiger partial charge in [-0.25, -0.2) is 9.18 Å². The Morgan fingerprint density at radius 3 is 2.67 bits per heavy atom. The fraction of sp³-hybridized carbons (Fsp3) is 0.286. The first-order valence-corrected chi connectivity index (χ1v) is 9.94. The molecule has 1 atom stereocenters. The van der Waals surface area contributed by atoms with Crippen molar-refractivity contribution in [1.82, 2.24) is 4.90 Å². The van der Waals surface area contributed by atoms with Crippen LogP contribution < -0.4 is 10.6 Å². The topological polar surface area (TPSA) is 83.0 Å². The number of likely N-dealkylation sites (tertiary alicyclic amines) is 1. The number of amides is 3. The molecule has 2 aromatic carbocycles. The summed E-state index contributed by atoms with van der Waals surface area (Å²) in [6.45, 7) is 0.821. The largest absolute Gasteiger partial charge is 0.386 e. The van der Waals surface area contributed by atoms with E-state index in [9.17, 15) is 14.0 Å². The van der Waals surface area contributed by atoms with Crippen molar-refractivity contribution in [2.24, 2.45) is 5.16 Å². The lowest BCUT2D eigenvalue weighted by Gasteiger charge is -2.38. The minimum absolute atomic E-state index is 0.266. The molecule has 1 spiro atoms. The molecule has 2 aliphatic heterocycles. The average Bonchev–Trinajstić information content (AvgIpc) is 3.11. The first kappa shape index (κ1) is 20.2. The molecule has 2 heterocycles. The molecule has 1 fully saturated rings. The van der Waals surface area contributed by atoms with Gasteiger partial charge in [0.2, 0.25) is 0 Å². The summed E-state index contributed by atoms with van der Waals surface area (Å²) >= 11 is 5.95. The van der Waals surface area contributed by atoms with Crippen LogP contribution in [0.4, 0.5) is 20.6 Å². The number of nitrogens with one attached hydrogen (secondary N) is 2. The number of nitrogens with zero attached hydrogens (tertiary/aromatic N) is 2. The number of piperidine rings is 1. The Kier molecular flexibility index (Phi) is 5.59. The zero-order valence-corrected chi connectivity index (χ0v) is 16.8. The van der Waals surface area contributed by atoms with Crippen LogP contribution in [-0.2, 0) is 9.63 Å². The van der Waals surface area contributed by atoms with E-state index in [1.54, 1.807) is 35.2 Å². The van der Waals surface area contributed by atoms with E-state index in [1.165, 1.54) is 18.2 Å². The summed E-state index contributed by atoms with van der Waals surface area (Å²) < 4.78 is 13.4. The van der Waals surface area contributed by atoms with Gasteiger partial charge in [0.05, 0.1) is 6.54 Å². The SMILES string of the molecule is O=C(Nc1cccc(Cl)c1)C1=NO[C@@]2(CCCN(C(=O)Nc3cccc(F)c3)C2)C1. The first-order chi connectivity index (χ1) is 14.4. The van der Waals surface area contributed by atoms with E-state index in [1.807, 2.05) is 0 Å². The molecular formula is C21H20ClFN4O3. The Hall–Kier alpha value is -3.13. The van der Waals surface area contributed by atoms with E-state index in [-0.39, 0.29) is 24.2 Å². The third kappa shape index (κ3) is 4.54. The lowest BCUT2D eigenvalue weighted by atomic mass is 9.88. The van der Waals surface area contributed by atoms with Crippen molar-refractivity contribution in [3.63, 3.8) is 0 Å². The van der Waals surface area contributed by atoms with E-state index < -0.39 is 11.4 Å². The standard InChI is InChI=1S/C21H20ClFN4O3/c22-14-4-1-6-16(10-14)24-19(28)18-12-21(30-26-18)8-3-9-27(13-21)20(29)25-17-7-2-5-15(23)11-17/h1-2,4-7,10-11H,3,8-9,12-13H2,(H,24,28)(H,25,29)/t21-/m0/s1. The highest BCUT2D eigenvalue weighted by Gasteiger charge is 2.45. The molecular weight excluding hydrogens is 411 g/mol. The monoisotopic (exact) mass is 430 g/mol. The maximum Gasteiger partial charge on any atom is 0.321 e. The smallest absolute Gasteiger partial charge is 0.321 e. The molecule has 0 aliphatic carbocycles. The van der Waals surface area contributed by atoms with Gasteiger partial charge in [-0.2, -0.15) is 0 Å². The molecule has 7 nitrogen and oxygen atoms in total. The first-order valence-electron chi connectivity index (χ1n) is 9.56. The molecule has 0 radical (unpaired) electrons. The Labute approximate surface area is 177 Å². The van der Waals surface area contributed by atoms with E-state index in [0.29, 0.717) is 42.2 Å². The second kappa shape index (κ2) is 8.31. The zero-order valence-electron chi connectivity index (χ0n) is 16.0. The van der Waals surface area contributed by atoms with Gasteiger partial charge in [-0.1, -0.05) is 28.9 Å². The summed E-state index contributed by atoms with van der Waals surface area (Å²) in [7, 11) is 0. The van der Waals surface area contributed by atoms with Gasteiger partial charge in [0.15, 0.2) is 5.60 Å². The molecule has 1 saturated heterocycles. The van der Waals surface area contributed by atoms with Crippen LogP contribution in [0, 0.1) is 5.82 Å². The van der Waals surface area contributed by atoms with Crippen molar-refractivity contribution < 1.29 is 18.8 Å². The molecule has 2 aromatic rings. The van der Waals surface area contributed by atoms with E-state index in [0.717, 1.165) is 0 Å². The molecule has 2 aliphatic rings. The van der Waals surface area contributed by atoms with Gasteiger partial charge in [-0.3, -0.25) is 4.79 Å². The van der Waals surface area contributed by atoms with Gasteiger partial charge < -0.3 is 20.4 Å². The minimum atomic E-state index is -0.738. The average molecular weight is 431 g/mol. The molecule has 0 saturated carbocycles. The fourth-order valence-corrected chi connectivity index (χ4v) is 3.86. The van der Waals surface area contributed by atoms with Crippen molar-refractivity contribution in [2.45, 2.75) is 24.9 Å². The van der Waals surface area contributed by atoms with Crippen molar-refractivity contribution in [3.05, 3.63) is 59.4 Å². The van der Waals surface area contributed by atoms with Crippen LogP contribution in [0.3, 0.4) is 0 Å². The minimum Gasteiger partial charge on any atom is -0.386 e. The van der Waals surface area contributed by atoms with Crippen LogP contribution in [0.2, 0.25) is 5.02 Å². The quantitative estimate of drug-likeness (QED) is 0.763. The molecule has 2 N–H and O–H groups in total. The number of carbonyl (C=O) groups excluding carboxylic acids is 2. The highest BCUT2D eigenvalue weighted by molar-refractivity contribution is 6.43. The Morgan fingerprint density at radius 2 is 1.90 bits per heavy atom.